The Balaban J connectivity index is 1.63. The van der Waals surface area contributed by atoms with E-state index >= 15 is 0 Å². The van der Waals surface area contributed by atoms with Crippen LogP contribution in [0.2, 0.25) is 0 Å². The van der Waals surface area contributed by atoms with E-state index in [1.807, 2.05) is 12.4 Å². The highest BCUT2D eigenvalue weighted by molar-refractivity contribution is 5.12. The molecule has 3 heterocycles. The predicted molar refractivity (Wildman–Crippen MR) is 73.9 cm³/mol. The number of hydrogen-bond donors (Lipinski definition) is 1. The van der Waals surface area contributed by atoms with Crippen LogP contribution >= 0.6 is 0 Å². The Labute approximate surface area is 115 Å². The van der Waals surface area contributed by atoms with Crippen molar-refractivity contribution in [3.63, 3.8) is 0 Å². The van der Waals surface area contributed by atoms with Gasteiger partial charge in [-0.15, -0.1) is 0 Å². The second kappa shape index (κ2) is 4.84. The lowest BCUT2D eigenvalue weighted by atomic mass is 9.88. The van der Waals surface area contributed by atoms with Crippen LogP contribution in [0, 0.1) is 0 Å². The summed E-state index contributed by atoms with van der Waals surface area (Å²) in [6.45, 7) is 7.30. The number of fused-ring (bicyclic) bond motifs is 2. The van der Waals surface area contributed by atoms with Gasteiger partial charge in [0.15, 0.2) is 0 Å². The van der Waals surface area contributed by atoms with Crippen molar-refractivity contribution in [1.82, 2.24) is 15.3 Å². The second-order valence-corrected chi connectivity index (χ2v) is 6.77. The molecule has 0 amide bonds. The fraction of sp³-hybridized carbons (Fsp3) is 0.733. The molecule has 0 aromatic carbocycles. The van der Waals surface area contributed by atoms with E-state index in [2.05, 4.69) is 36.1 Å². The van der Waals surface area contributed by atoms with E-state index < -0.39 is 0 Å². The van der Waals surface area contributed by atoms with Gasteiger partial charge in [0.1, 0.15) is 5.82 Å². The molecule has 1 aromatic rings. The van der Waals surface area contributed by atoms with Crippen LogP contribution in [0.5, 0.6) is 0 Å². The Morgan fingerprint density at radius 2 is 2.00 bits per heavy atom. The van der Waals surface area contributed by atoms with Crippen molar-refractivity contribution in [2.45, 2.75) is 70.2 Å². The number of hydrogen-bond acceptors (Lipinski definition) is 4. The maximum absolute atomic E-state index is 5.87. The summed E-state index contributed by atoms with van der Waals surface area (Å²) in [7, 11) is 0. The highest BCUT2D eigenvalue weighted by atomic mass is 16.5. The van der Waals surface area contributed by atoms with Gasteiger partial charge in [-0.05, 0) is 40.0 Å². The third kappa shape index (κ3) is 2.95. The molecule has 2 bridgehead atoms. The minimum absolute atomic E-state index is 0.122. The smallest absolute Gasteiger partial charge is 0.133 e. The molecule has 2 aliphatic heterocycles. The summed E-state index contributed by atoms with van der Waals surface area (Å²) in [5.74, 6) is 1.38. The van der Waals surface area contributed by atoms with Crippen molar-refractivity contribution in [2.24, 2.45) is 0 Å². The first-order valence-electron chi connectivity index (χ1n) is 7.22. The molecule has 19 heavy (non-hydrogen) atoms. The summed E-state index contributed by atoms with van der Waals surface area (Å²) >= 11 is 0. The molecule has 3 rings (SSSR count). The van der Waals surface area contributed by atoms with Crippen LogP contribution < -0.4 is 5.32 Å². The third-order valence-electron chi connectivity index (χ3n) is 3.99. The molecule has 2 fully saturated rings. The largest absolute Gasteiger partial charge is 0.374 e. The Morgan fingerprint density at radius 3 is 2.53 bits per heavy atom. The topological polar surface area (TPSA) is 47.0 Å². The first kappa shape index (κ1) is 13.0. The van der Waals surface area contributed by atoms with Crippen LogP contribution in [0.1, 0.15) is 57.3 Å². The van der Waals surface area contributed by atoms with Crippen LogP contribution in [0.25, 0.3) is 0 Å². The molecule has 0 radical (unpaired) electrons. The summed E-state index contributed by atoms with van der Waals surface area (Å²) in [4.78, 5) is 9.10. The summed E-state index contributed by atoms with van der Waals surface area (Å²) in [5, 5.41) is 3.45. The SMILES string of the molecule is CC(C)(C)NCc1cnc(C2CC3CCC2O3)nc1. The first-order valence-corrected chi connectivity index (χ1v) is 7.22. The highest BCUT2D eigenvalue weighted by Gasteiger charge is 2.42. The van der Waals surface area contributed by atoms with Crippen LogP contribution in [0.3, 0.4) is 0 Å². The minimum Gasteiger partial charge on any atom is -0.374 e. The van der Waals surface area contributed by atoms with E-state index in [0.29, 0.717) is 18.1 Å². The van der Waals surface area contributed by atoms with Gasteiger partial charge < -0.3 is 10.1 Å². The molecule has 104 valence electrons. The molecular formula is C15H23N3O. The molecule has 3 atom stereocenters. The molecular weight excluding hydrogens is 238 g/mol. The fourth-order valence-electron chi connectivity index (χ4n) is 2.92. The summed E-state index contributed by atoms with van der Waals surface area (Å²) in [6, 6.07) is 0. The summed E-state index contributed by atoms with van der Waals surface area (Å²) in [5.41, 5.74) is 1.26. The van der Waals surface area contributed by atoms with Gasteiger partial charge in [0, 0.05) is 36.0 Å². The van der Waals surface area contributed by atoms with Crippen molar-refractivity contribution in [1.29, 1.82) is 0 Å². The molecule has 3 unspecified atom stereocenters. The van der Waals surface area contributed by atoms with Gasteiger partial charge in [-0.2, -0.15) is 0 Å². The van der Waals surface area contributed by atoms with Crippen molar-refractivity contribution >= 4 is 0 Å². The standard InChI is InChI=1S/C15H23N3O/c1-15(2,3)18-9-10-7-16-14(17-8-10)12-6-11-4-5-13(12)19-11/h7-8,11-13,18H,4-6,9H2,1-3H3. The number of aromatic nitrogens is 2. The van der Waals surface area contributed by atoms with Gasteiger partial charge in [0.25, 0.3) is 0 Å². The molecule has 1 N–H and O–H groups in total. The first-order chi connectivity index (χ1) is 9.01. The Bertz CT molecular complexity index is 438. The lowest BCUT2D eigenvalue weighted by molar-refractivity contribution is 0.0998. The Kier molecular flexibility index (Phi) is 3.31. The number of nitrogens with one attached hydrogen (secondary N) is 1. The molecule has 0 aliphatic carbocycles. The van der Waals surface area contributed by atoms with E-state index in [9.17, 15) is 0 Å². The molecule has 4 nitrogen and oxygen atoms in total. The van der Waals surface area contributed by atoms with Crippen LogP contribution in [0.15, 0.2) is 12.4 Å². The number of ether oxygens (including phenoxy) is 1. The molecule has 1 aromatic heterocycles. The van der Waals surface area contributed by atoms with Crippen LogP contribution in [-0.4, -0.2) is 27.7 Å². The zero-order valence-corrected chi connectivity index (χ0v) is 12.0. The van der Waals surface area contributed by atoms with Crippen molar-refractivity contribution in [3.8, 4) is 0 Å². The molecule has 0 saturated carbocycles. The summed E-state index contributed by atoms with van der Waals surface area (Å²) in [6.07, 6.45) is 8.22. The minimum atomic E-state index is 0.122. The van der Waals surface area contributed by atoms with Gasteiger partial charge in [-0.1, -0.05) is 0 Å². The quantitative estimate of drug-likeness (QED) is 0.907. The normalized spacial score (nSPS) is 29.9. The lowest BCUT2D eigenvalue weighted by Crippen LogP contribution is -2.35. The van der Waals surface area contributed by atoms with Gasteiger partial charge in [0.2, 0.25) is 0 Å². The number of rotatable bonds is 3. The van der Waals surface area contributed by atoms with Gasteiger partial charge in [0.05, 0.1) is 12.2 Å². The molecule has 4 heteroatoms. The molecule has 2 saturated heterocycles. The van der Waals surface area contributed by atoms with E-state index in [0.717, 1.165) is 24.4 Å². The zero-order valence-electron chi connectivity index (χ0n) is 12.0. The van der Waals surface area contributed by atoms with Gasteiger partial charge in [-0.3, -0.25) is 0 Å². The van der Waals surface area contributed by atoms with E-state index in [4.69, 9.17) is 4.74 Å². The predicted octanol–water partition coefficient (Wildman–Crippen LogP) is 2.40. The zero-order chi connectivity index (χ0) is 13.5. The molecule has 0 spiro atoms. The Hall–Kier alpha value is -1.00. The third-order valence-corrected chi connectivity index (χ3v) is 3.99. The van der Waals surface area contributed by atoms with Gasteiger partial charge in [-0.25, -0.2) is 9.97 Å². The lowest BCUT2D eigenvalue weighted by Gasteiger charge is -2.21. The highest BCUT2D eigenvalue weighted by Crippen LogP contribution is 2.43. The van der Waals surface area contributed by atoms with Crippen molar-refractivity contribution in [2.75, 3.05) is 0 Å². The van der Waals surface area contributed by atoms with Crippen LogP contribution in [0.4, 0.5) is 0 Å². The van der Waals surface area contributed by atoms with E-state index in [-0.39, 0.29) is 5.54 Å². The van der Waals surface area contributed by atoms with Gasteiger partial charge >= 0.3 is 0 Å². The Morgan fingerprint density at radius 1 is 1.26 bits per heavy atom. The fourth-order valence-corrected chi connectivity index (χ4v) is 2.92. The van der Waals surface area contributed by atoms with Crippen LogP contribution in [-0.2, 0) is 11.3 Å². The summed E-state index contributed by atoms with van der Waals surface area (Å²) < 4.78 is 5.87. The monoisotopic (exact) mass is 261 g/mol. The molecule has 2 aliphatic rings. The average molecular weight is 261 g/mol. The number of nitrogens with zero attached hydrogens (tertiary/aromatic N) is 2. The van der Waals surface area contributed by atoms with Crippen molar-refractivity contribution < 1.29 is 4.74 Å². The maximum Gasteiger partial charge on any atom is 0.133 e. The maximum atomic E-state index is 5.87. The second-order valence-electron chi connectivity index (χ2n) is 6.77. The average Bonchev–Trinajstić information content (AvgIpc) is 2.98. The van der Waals surface area contributed by atoms with Crippen molar-refractivity contribution in [3.05, 3.63) is 23.8 Å². The van der Waals surface area contributed by atoms with E-state index in [1.54, 1.807) is 0 Å². The van der Waals surface area contributed by atoms with E-state index in [1.165, 1.54) is 12.8 Å².